The third-order valence-electron chi connectivity index (χ3n) is 2.29. The summed E-state index contributed by atoms with van der Waals surface area (Å²) in [4.78, 5) is 19.5. The van der Waals surface area contributed by atoms with Crippen molar-refractivity contribution in [3.63, 3.8) is 0 Å². The Bertz CT molecular complexity index is 691. The molecule has 0 bridgehead atoms. The molecule has 8 heteroatoms. The Morgan fingerprint density at radius 3 is 2.90 bits per heavy atom. The van der Waals surface area contributed by atoms with Crippen LogP contribution in [0.1, 0.15) is 11.3 Å². The molecule has 0 aliphatic carbocycles. The van der Waals surface area contributed by atoms with Gasteiger partial charge in [0.15, 0.2) is 17.5 Å². The molecular formula is C13H10N4O3S. The molecule has 0 aliphatic heterocycles. The quantitative estimate of drug-likeness (QED) is 0.652. The van der Waals surface area contributed by atoms with E-state index in [9.17, 15) is 4.79 Å². The summed E-state index contributed by atoms with van der Waals surface area (Å²) < 4.78 is 0. The van der Waals surface area contributed by atoms with Crippen molar-refractivity contribution in [3.05, 3.63) is 47.0 Å². The van der Waals surface area contributed by atoms with E-state index in [-0.39, 0.29) is 17.5 Å². The lowest BCUT2D eigenvalue weighted by Gasteiger charge is -1.99. The summed E-state index contributed by atoms with van der Waals surface area (Å²) in [5.41, 5.74) is 1.35. The van der Waals surface area contributed by atoms with Crippen LogP contribution in [-0.2, 0) is 11.4 Å². The van der Waals surface area contributed by atoms with Crippen LogP contribution in [0.5, 0.6) is 0 Å². The van der Waals surface area contributed by atoms with Gasteiger partial charge in [0.1, 0.15) is 6.07 Å². The molecule has 1 amide bonds. The molecule has 2 N–H and O–H groups in total. The van der Waals surface area contributed by atoms with E-state index < -0.39 is 6.09 Å². The van der Waals surface area contributed by atoms with Gasteiger partial charge >= 0.3 is 6.09 Å². The number of carboxylic acid groups (broad SMARTS) is 1. The van der Waals surface area contributed by atoms with Gasteiger partial charge in [0.25, 0.3) is 0 Å². The van der Waals surface area contributed by atoms with Crippen LogP contribution in [-0.4, -0.2) is 21.9 Å². The Hall–Kier alpha value is -2.92. The smallest absolute Gasteiger partial charge is 0.410 e. The van der Waals surface area contributed by atoms with Crippen molar-refractivity contribution < 1.29 is 14.7 Å². The lowest BCUT2D eigenvalue weighted by Crippen LogP contribution is -2.06. The second-order valence-corrected chi connectivity index (χ2v) is 4.62. The fourth-order valence-corrected chi connectivity index (χ4v) is 2.10. The molecule has 0 spiro atoms. The van der Waals surface area contributed by atoms with Crippen LogP contribution in [0.15, 0.2) is 40.9 Å². The number of nitriles is 1. The Morgan fingerprint density at radius 2 is 2.24 bits per heavy atom. The minimum Gasteiger partial charge on any atom is -0.465 e. The first kappa shape index (κ1) is 14.5. The molecule has 7 nitrogen and oxygen atoms in total. The van der Waals surface area contributed by atoms with Crippen LogP contribution in [0.25, 0.3) is 0 Å². The van der Waals surface area contributed by atoms with Gasteiger partial charge < -0.3 is 9.94 Å². The van der Waals surface area contributed by atoms with E-state index >= 15 is 0 Å². The van der Waals surface area contributed by atoms with Crippen molar-refractivity contribution in [2.45, 2.75) is 6.61 Å². The summed E-state index contributed by atoms with van der Waals surface area (Å²) in [5.74, 6) is 0. The zero-order valence-electron chi connectivity index (χ0n) is 10.7. The van der Waals surface area contributed by atoms with Crippen LogP contribution in [0.3, 0.4) is 0 Å². The normalized spacial score (nSPS) is 10.7. The van der Waals surface area contributed by atoms with E-state index in [1.807, 2.05) is 12.1 Å². The van der Waals surface area contributed by atoms with Crippen molar-refractivity contribution in [2.24, 2.45) is 5.16 Å². The fraction of sp³-hybridized carbons (Fsp3) is 0.0769. The molecule has 0 aliphatic rings. The summed E-state index contributed by atoms with van der Waals surface area (Å²) in [5, 5.41) is 25.4. The van der Waals surface area contributed by atoms with E-state index in [1.165, 1.54) is 0 Å². The zero-order chi connectivity index (χ0) is 15.1. The molecule has 0 saturated carbocycles. The first-order valence-corrected chi connectivity index (χ1v) is 6.67. The topological polar surface area (TPSA) is 108 Å². The van der Waals surface area contributed by atoms with Gasteiger partial charge in [0.05, 0.1) is 5.69 Å². The Balaban J connectivity index is 1.96. The van der Waals surface area contributed by atoms with E-state index in [2.05, 4.69) is 15.5 Å². The van der Waals surface area contributed by atoms with Gasteiger partial charge in [-0.3, -0.25) is 5.32 Å². The minimum absolute atomic E-state index is 0.0514. The summed E-state index contributed by atoms with van der Waals surface area (Å²) >= 11 is 1.14. The molecule has 1 heterocycles. The molecule has 0 fully saturated rings. The summed E-state index contributed by atoms with van der Waals surface area (Å²) in [6, 6.07) is 10.9. The predicted octanol–water partition coefficient (Wildman–Crippen LogP) is 2.68. The van der Waals surface area contributed by atoms with Gasteiger partial charge in [-0.25, -0.2) is 9.78 Å². The van der Waals surface area contributed by atoms with Crippen LogP contribution < -0.4 is 5.32 Å². The number of rotatable bonds is 5. The second-order valence-electron chi connectivity index (χ2n) is 3.77. The highest BCUT2D eigenvalue weighted by Gasteiger charge is 2.06. The van der Waals surface area contributed by atoms with Crippen LogP contribution in [0, 0.1) is 11.3 Å². The van der Waals surface area contributed by atoms with Crippen molar-refractivity contribution in [3.8, 4) is 6.07 Å². The fourth-order valence-electron chi connectivity index (χ4n) is 1.42. The number of aromatic nitrogens is 1. The molecule has 2 rings (SSSR count). The molecule has 21 heavy (non-hydrogen) atoms. The van der Waals surface area contributed by atoms with Gasteiger partial charge in [-0.15, -0.1) is 11.3 Å². The molecular weight excluding hydrogens is 292 g/mol. The van der Waals surface area contributed by atoms with Gasteiger partial charge in [-0.2, -0.15) is 5.26 Å². The third kappa shape index (κ3) is 4.29. The number of amides is 1. The number of hydrogen-bond donors (Lipinski definition) is 2. The standard InChI is InChI=1S/C13H10N4O3S/c14-6-11(9-4-2-1-3-5-9)17-20-7-10-8-21-12(15-10)16-13(18)19/h1-5,8H,7H2,(H,15,16)(H,18,19). The molecule has 0 unspecified atom stereocenters. The third-order valence-corrected chi connectivity index (χ3v) is 3.09. The molecule has 0 atom stereocenters. The van der Waals surface area contributed by atoms with E-state index in [4.69, 9.17) is 15.2 Å². The lowest BCUT2D eigenvalue weighted by molar-refractivity contribution is 0.129. The lowest BCUT2D eigenvalue weighted by atomic mass is 10.1. The maximum Gasteiger partial charge on any atom is 0.410 e. The predicted molar refractivity (Wildman–Crippen MR) is 77.1 cm³/mol. The second kappa shape index (κ2) is 7.02. The monoisotopic (exact) mass is 302 g/mol. The minimum atomic E-state index is -1.18. The Kier molecular flexibility index (Phi) is 4.84. The van der Waals surface area contributed by atoms with Gasteiger partial charge in [-0.1, -0.05) is 35.5 Å². The molecule has 0 radical (unpaired) electrons. The Labute approximate surface area is 124 Å². The summed E-state index contributed by atoms with van der Waals surface area (Å²) in [7, 11) is 0. The van der Waals surface area contributed by atoms with Crippen LogP contribution >= 0.6 is 11.3 Å². The number of benzene rings is 1. The van der Waals surface area contributed by atoms with Gasteiger partial charge in [-0.05, 0) is 0 Å². The average molecular weight is 302 g/mol. The number of thiazole rings is 1. The van der Waals surface area contributed by atoms with Crippen molar-refractivity contribution >= 4 is 28.3 Å². The highest BCUT2D eigenvalue weighted by molar-refractivity contribution is 7.13. The maximum absolute atomic E-state index is 10.4. The number of carbonyl (C=O) groups is 1. The molecule has 1 aromatic heterocycles. The van der Waals surface area contributed by atoms with E-state index in [0.29, 0.717) is 11.3 Å². The Morgan fingerprint density at radius 1 is 1.48 bits per heavy atom. The molecule has 106 valence electrons. The highest BCUT2D eigenvalue weighted by Crippen LogP contribution is 2.16. The van der Waals surface area contributed by atoms with E-state index in [1.54, 1.807) is 29.6 Å². The largest absolute Gasteiger partial charge is 0.465 e. The zero-order valence-corrected chi connectivity index (χ0v) is 11.5. The first-order valence-electron chi connectivity index (χ1n) is 5.79. The van der Waals surface area contributed by atoms with Gasteiger partial charge in [0.2, 0.25) is 0 Å². The summed E-state index contributed by atoms with van der Waals surface area (Å²) in [6.07, 6.45) is -1.18. The number of nitrogens with one attached hydrogen (secondary N) is 1. The maximum atomic E-state index is 10.4. The number of hydrogen-bond acceptors (Lipinski definition) is 6. The number of anilines is 1. The number of oxime groups is 1. The van der Waals surface area contributed by atoms with Crippen molar-refractivity contribution in [2.75, 3.05) is 5.32 Å². The van der Waals surface area contributed by atoms with Crippen molar-refractivity contribution in [1.29, 1.82) is 5.26 Å². The average Bonchev–Trinajstić information content (AvgIpc) is 2.91. The SMILES string of the molecule is N#CC(=NOCc1csc(NC(=O)O)n1)c1ccccc1. The molecule has 0 saturated heterocycles. The first-order chi connectivity index (χ1) is 10.2. The van der Waals surface area contributed by atoms with E-state index in [0.717, 1.165) is 11.3 Å². The van der Waals surface area contributed by atoms with Crippen molar-refractivity contribution in [1.82, 2.24) is 4.98 Å². The van der Waals surface area contributed by atoms with Crippen LogP contribution in [0.4, 0.5) is 9.93 Å². The highest BCUT2D eigenvalue weighted by atomic mass is 32.1. The van der Waals surface area contributed by atoms with Crippen LogP contribution in [0.2, 0.25) is 0 Å². The molecule has 1 aromatic carbocycles. The van der Waals surface area contributed by atoms with Gasteiger partial charge in [0, 0.05) is 10.9 Å². The summed E-state index contributed by atoms with van der Waals surface area (Å²) in [6.45, 7) is 0.0514. The molecule has 2 aromatic rings. The number of nitrogens with zero attached hydrogens (tertiary/aromatic N) is 3.